The first kappa shape index (κ1) is 12.4. The van der Waals surface area contributed by atoms with Crippen molar-refractivity contribution < 1.29 is 14.6 Å². The van der Waals surface area contributed by atoms with Gasteiger partial charge in [-0.1, -0.05) is 19.8 Å². The highest BCUT2D eigenvalue weighted by atomic mass is 32.1. The van der Waals surface area contributed by atoms with Gasteiger partial charge in [-0.15, -0.1) is 11.3 Å². The highest BCUT2D eigenvalue weighted by Gasteiger charge is 2.19. The first-order valence-corrected chi connectivity index (χ1v) is 7.01. The van der Waals surface area contributed by atoms with Crippen LogP contribution in [0.1, 0.15) is 47.2 Å². The van der Waals surface area contributed by atoms with E-state index in [9.17, 15) is 4.79 Å². The Balaban J connectivity index is 2.02. The molecule has 1 aromatic rings. The summed E-state index contributed by atoms with van der Waals surface area (Å²) in [5, 5.41) is 9.10. The highest BCUT2D eigenvalue weighted by Crippen LogP contribution is 2.32. The summed E-state index contributed by atoms with van der Waals surface area (Å²) in [5.74, 6) is 0.295. The Bertz CT molecular complexity index is 391. The second-order valence-corrected chi connectivity index (χ2v) is 5.66. The molecule has 0 atom stereocenters. The minimum Gasteiger partial charge on any atom is -0.491 e. The Hall–Kier alpha value is -1.03. The van der Waals surface area contributed by atoms with Crippen molar-refractivity contribution in [3.63, 3.8) is 0 Å². The third-order valence-electron chi connectivity index (χ3n) is 3.24. The van der Waals surface area contributed by atoms with Gasteiger partial charge in [0.15, 0.2) is 4.88 Å². The molecule has 1 aliphatic rings. The lowest BCUT2D eigenvalue weighted by Gasteiger charge is -2.10. The maximum absolute atomic E-state index is 11.1. The van der Waals surface area contributed by atoms with Crippen LogP contribution < -0.4 is 4.74 Å². The molecule has 0 aliphatic heterocycles. The van der Waals surface area contributed by atoms with Gasteiger partial charge in [0.2, 0.25) is 0 Å². The zero-order valence-electron chi connectivity index (χ0n) is 10.1. The van der Waals surface area contributed by atoms with Gasteiger partial charge in [0.25, 0.3) is 0 Å². The van der Waals surface area contributed by atoms with Crippen molar-refractivity contribution in [2.24, 2.45) is 5.92 Å². The van der Waals surface area contributed by atoms with Crippen LogP contribution in [-0.2, 0) is 6.42 Å². The molecule has 94 valence electrons. The predicted octanol–water partition coefficient (Wildman–Crippen LogP) is 3.58. The lowest BCUT2D eigenvalue weighted by molar-refractivity contribution is 0.0697. The molecule has 0 saturated heterocycles. The number of aryl methyl sites for hydroxylation is 1. The third-order valence-corrected chi connectivity index (χ3v) is 4.49. The molecule has 1 heterocycles. The number of hydrogen-bond acceptors (Lipinski definition) is 3. The second kappa shape index (κ2) is 5.54. The van der Waals surface area contributed by atoms with E-state index in [2.05, 4.69) is 0 Å². The van der Waals surface area contributed by atoms with Crippen molar-refractivity contribution in [3.05, 3.63) is 15.8 Å². The molecule has 1 aromatic heterocycles. The molecule has 0 amide bonds. The molecule has 0 aromatic carbocycles. The first-order chi connectivity index (χ1) is 8.20. The molecule has 1 N–H and O–H groups in total. The summed E-state index contributed by atoms with van der Waals surface area (Å²) in [5.41, 5.74) is 0. The Morgan fingerprint density at radius 3 is 2.82 bits per heavy atom. The molecule has 0 radical (unpaired) electrons. The molecule has 1 fully saturated rings. The largest absolute Gasteiger partial charge is 0.491 e. The molecule has 1 saturated carbocycles. The molecule has 17 heavy (non-hydrogen) atoms. The lowest BCUT2D eigenvalue weighted by Crippen LogP contribution is -2.09. The lowest BCUT2D eigenvalue weighted by atomic mass is 10.1. The van der Waals surface area contributed by atoms with Gasteiger partial charge < -0.3 is 9.84 Å². The molecular weight excluding hydrogens is 236 g/mol. The smallest absolute Gasteiger partial charge is 0.349 e. The van der Waals surface area contributed by atoms with Gasteiger partial charge >= 0.3 is 5.97 Å². The molecule has 3 nitrogen and oxygen atoms in total. The van der Waals surface area contributed by atoms with Gasteiger partial charge in [0.1, 0.15) is 5.75 Å². The summed E-state index contributed by atoms with van der Waals surface area (Å²) in [4.78, 5) is 12.5. The van der Waals surface area contributed by atoms with E-state index in [1.54, 1.807) is 0 Å². The molecule has 0 bridgehead atoms. The van der Waals surface area contributed by atoms with Crippen molar-refractivity contribution >= 4 is 17.3 Å². The minimum atomic E-state index is -0.879. The quantitative estimate of drug-likeness (QED) is 0.873. The Labute approximate surface area is 105 Å². The molecule has 0 unspecified atom stereocenters. The van der Waals surface area contributed by atoms with Gasteiger partial charge in [-0.05, 0) is 31.2 Å². The van der Waals surface area contributed by atoms with Gasteiger partial charge in [-0.2, -0.15) is 0 Å². The topological polar surface area (TPSA) is 46.5 Å². The first-order valence-electron chi connectivity index (χ1n) is 6.19. The molecule has 2 rings (SSSR count). The zero-order chi connectivity index (χ0) is 12.3. The zero-order valence-corrected chi connectivity index (χ0v) is 10.9. The van der Waals surface area contributed by atoms with E-state index in [4.69, 9.17) is 9.84 Å². The Morgan fingerprint density at radius 1 is 1.53 bits per heavy atom. The standard InChI is InChI=1S/C13H18O3S/c1-2-10-7-11(12(17-10)13(14)15)16-8-9-5-3-4-6-9/h7,9H,2-6,8H2,1H3,(H,14,15). The van der Waals surface area contributed by atoms with Crippen LogP contribution in [0.25, 0.3) is 0 Å². The van der Waals surface area contributed by atoms with Crippen LogP contribution in [0.3, 0.4) is 0 Å². The minimum absolute atomic E-state index is 0.347. The molecule has 1 aliphatic carbocycles. The van der Waals surface area contributed by atoms with Crippen molar-refractivity contribution in [3.8, 4) is 5.75 Å². The van der Waals surface area contributed by atoms with Gasteiger partial charge in [0, 0.05) is 4.88 Å². The van der Waals surface area contributed by atoms with Crippen LogP contribution in [-0.4, -0.2) is 17.7 Å². The number of carbonyl (C=O) groups is 1. The van der Waals surface area contributed by atoms with Gasteiger partial charge in [0.05, 0.1) is 6.61 Å². The fourth-order valence-corrected chi connectivity index (χ4v) is 3.12. The Kier molecular flexibility index (Phi) is 4.05. The van der Waals surface area contributed by atoms with Crippen molar-refractivity contribution in [2.75, 3.05) is 6.61 Å². The fourth-order valence-electron chi connectivity index (χ4n) is 2.24. The molecular formula is C13H18O3S. The number of aromatic carboxylic acids is 1. The van der Waals surface area contributed by atoms with Crippen molar-refractivity contribution in [1.29, 1.82) is 0 Å². The number of rotatable bonds is 5. The normalized spacial score (nSPS) is 16.3. The summed E-state index contributed by atoms with van der Waals surface area (Å²) in [7, 11) is 0. The fraction of sp³-hybridized carbons (Fsp3) is 0.615. The van der Waals surface area contributed by atoms with E-state index < -0.39 is 5.97 Å². The van der Waals surface area contributed by atoms with Crippen molar-refractivity contribution in [2.45, 2.75) is 39.0 Å². The van der Waals surface area contributed by atoms with E-state index in [0.29, 0.717) is 23.2 Å². The summed E-state index contributed by atoms with van der Waals surface area (Å²) >= 11 is 1.33. The van der Waals surface area contributed by atoms with Crippen molar-refractivity contribution in [1.82, 2.24) is 0 Å². The van der Waals surface area contributed by atoms with Crippen LogP contribution >= 0.6 is 11.3 Å². The summed E-state index contributed by atoms with van der Waals surface area (Å²) in [6.07, 6.45) is 5.85. The SMILES string of the molecule is CCc1cc(OCC2CCCC2)c(C(=O)O)s1. The van der Waals surface area contributed by atoms with Crippen LogP contribution in [0.5, 0.6) is 5.75 Å². The number of carboxylic acids is 1. The number of hydrogen-bond donors (Lipinski definition) is 1. The number of carboxylic acid groups (broad SMARTS) is 1. The average molecular weight is 254 g/mol. The summed E-state index contributed by atoms with van der Waals surface area (Å²) in [6.45, 7) is 2.69. The molecule has 0 spiro atoms. The van der Waals surface area contributed by atoms with Crippen LogP contribution in [0.2, 0.25) is 0 Å². The average Bonchev–Trinajstić information content (AvgIpc) is 2.95. The van der Waals surface area contributed by atoms with E-state index in [1.807, 2.05) is 13.0 Å². The summed E-state index contributed by atoms with van der Waals surface area (Å²) < 4.78 is 5.69. The molecule has 4 heteroatoms. The van der Waals surface area contributed by atoms with Crippen LogP contribution in [0.4, 0.5) is 0 Å². The van der Waals surface area contributed by atoms with E-state index in [0.717, 1.165) is 11.3 Å². The maximum atomic E-state index is 11.1. The van der Waals surface area contributed by atoms with Crippen LogP contribution in [0, 0.1) is 5.92 Å². The van der Waals surface area contributed by atoms with Crippen LogP contribution in [0.15, 0.2) is 6.07 Å². The third kappa shape index (κ3) is 3.00. The van der Waals surface area contributed by atoms with Gasteiger partial charge in [-0.3, -0.25) is 0 Å². The van der Waals surface area contributed by atoms with Gasteiger partial charge in [-0.25, -0.2) is 4.79 Å². The van der Waals surface area contributed by atoms with E-state index >= 15 is 0 Å². The maximum Gasteiger partial charge on any atom is 0.349 e. The van der Waals surface area contributed by atoms with E-state index in [1.165, 1.54) is 37.0 Å². The number of ether oxygens (including phenoxy) is 1. The highest BCUT2D eigenvalue weighted by molar-refractivity contribution is 7.14. The second-order valence-electron chi connectivity index (χ2n) is 4.53. The monoisotopic (exact) mass is 254 g/mol. The predicted molar refractivity (Wildman–Crippen MR) is 68.1 cm³/mol. The number of thiophene rings is 1. The van der Waals surface area contributed by atoms with E-state index in [-0.39, 0.29) is 0 Å². The summed E-state index contributed by atoms with van der Waals surface area (Å²) in [6, 6.07) is 1.88. The Morgan fingerprint density at radius 2 is 2.24 bits per heavy atom.